The van der Waals surface area contributed by atoms with E-state index in [2.05, 4.69) is 451 Å². The fourth-order valence-corrected chi connectivity index (χ4v) is 18.1. The molecule has 574 valence electrons. The molecule has 0 bridgehead atoms. The number of para-hydroxylation sites is 2. The van der Waals surface area contributed by atoms with Crippen LogP contribution in [0.3, 0.4) is 0 Å². The maximum absolute atomic E-state index is 7.50. The largest absolute Gasteiger partial charge is 0.455 e. The van der Waals surface area contributed by atoms with Crippen molar-refractivity contribution in [2.45, 2.75) is 131 Å². The number of rotatable bonds is 12. The first-order valence-corrected chi connectivity index (χ1v) is 41.5. The smallest absolute Gasteiger partial charge is 0.252 e. The highest BCUT2D eigenvalue weighted by Crippen LogP contribution is 2.58. The zero-order chi connectivity index (χ0) is 80.8. The van der Waals surface area contributed by atoms with Crippen molar-refractivity contribution in [3.63, 3.8) is 0 Å². The van der Waals surface area contributed by atoms with E-state index < -0.39 is 5.41 Å². The lowest BCUT2D eigenvalue weighted by atomic mass is 9.33. The predicted molar refractivity (Wildman–Crippen MR) is 500 cm³/mol. The van der Waals surface area contributed by atoms with Crippen LogP contribution in [0.25, 0.3) is 88.4 Å². The Balaban J connectivity index is 0.995. The van der Waals surface area contributed by atoms with E-state index >= 15 is 0 Å². The summed E-state index contributed by atoms with van der Waals surface area (Å²) in [5.41, 5.74) is 33.5. The molecular formula is C110H99BN4O2. The summed E-state index contributed by atoms with van der Waals surface area (Å²) in [5, 5.41) is 4.12. The minimum Gasteiger partial charge on any atom is -0.455 e. The molecule has 0 saturated carbocycles. The van der Waals surface area contributed by atoms with Crippen molar-refractivity contribution >= 4 is 135 Å². The number of furan rings is 2. The molecule has 0 amide bonds. The van der Waals surface area contributed by atoms with E-state index in [1.165, 1.54) is 33.3 Å². The van der Waals surface area contributed by atoms with Gasteiger partial charge in [0.1, 0.15) is 22.3 Å². The van der Waals surface area contributed by atoms with Crippen LogP contribution in [0.4, 0.5) is 68.2 Å². The van der Waals surface area contributed by atoms with E-state index in [1.807, 2.05) is 0 Å². The molecule has 2 aromatic heterocycles. The van der Waals surface area contributed by atoms with Gasteiger partial charge in [0.2, 0.25) is 0 Å². The summed E-state index contributed by atoms with van der Waals surface area (Å²) < 4.78 is 15.0. The molecule has 17 aromatic rings. The molecule has 2 aliphatic rings. The van der Waals surface area contributed by atoms with Gasteiger partial charge < -0.3 is 28.4 Å². The summed E-state index contributed by atoms with van der Waals surface area (Å²) in [5.74, 6) is 0. The minimum atomic E-state index is -0.415. The topological polar surface area (TPSA) is 39.2 Å². The first kappa shape index (κ1) is 74.3. The second-order valence-electron chi connectivity index (χ2n) is 37.3. The van der Waals surface area contributed by atoms with E-state index in [0.29, 0.717) is 0 Å². The molecule has 0 saturated heterocycles. The zero-order valence-electron chi connectivity index (χ0n) is 69.9. The van der Waals surface area contributed by atoms with Crippen molar-refractivity contribution in [1.82, 2.24) is 0 Å². The van der Waals surface area contributed by atoms with E-state index in [9.17, 15) is 0 Å². The lowest BCUT2D eigenvalue weighted by Gasteiger charge is -2.46. The molecular weight excluding hydrogens is 1420 g/mol. The molecule has 6 nitrogen and oxygen atoms in total. The number of hydrogen-bond acceptors (Lipinski definition) is 6. The van der Waals surface area contributed by atoms with Crippen LogP contribution in [0.5, 0.6) is 0 Å². The van der Waals surface area contributed by atoms with Crippen molar-refractivity contribution < 1.29 is 8.83 Å². The second kappa shape index (κ2) is 28.0. The maximum Gasteiger partial charge on any atom is 0.252 e. The van der Waals surface area contributed by atoms with Crippen molar-refractivity contribution in [3.05, 3.63) is 355 Å². The van der Waals surface area contributed by atoms with Crippen molar-refractivity contribution in [2.24, 2.45) is 0 Å². The van der Waals surface area contributed by atoms with E-state index in [1.54, 1.807) is 0 Å². The Bertz CT molecular complexity index is 6160. The van der Waals surface area contributed by atoms with Crippen LogP contribution in [0, 0.1) is 0 Å². The quantitative estimate of drug-likeness (QED) is 0.114. The van der Waals surface area contributed by atoms with Crippen LogP contribution in [-0.4, -0.2) is 6.71 Å². The van der Waals surface area contributed by atoms with Gasteiger partial charge in [-0.15, -0.1) is 0 Å². The van der Waals surface area contributed by atoms with Gasteiger partial charge in [-0.05, 0) is 203 Å². The van der Waals surface area contributed by atoms with Gasteiger partial charge in [-0.3, -0.25) is 0 Å². The molecule has 0 radical (unpaired) electrons. The highest BCUT2D eigenvalue weighted by Gasteiger charge is 2.47. The van der Waals surface area contributed by atoms with E-state index in [4.69, 9.17) is 8.83 Å². The Labute approximate surface area is 690 Å². The summed E-state index contributed by atoms with van der Waals surface area (Å²) >= 11 is 0. The van der Waals surface area contributed by atoms with Gasteiger partial charge in [-0.2, -0.15) is 0 Å². The highest BCUT2D eigenvalue weighted by molar-refractivity contribution is 7.00. The third-order valence-electron chi connectivity index (χ3n) is 24.4. The second-order valence-corrected chi connectivity index (χ2v) is 37.3. The average molecular weight is 1520 g/mol. The molecule has 0 spiro atoms. The van der Waals surface area contributed by atoms with Crippen LogP contribution in [0.1, 0.15) is 132 Å². The summed E-state index contributed by atoms with van der Waals surface area (Å²) in [7, 11) is 0. The fourth-order valence-electron chi connectivity index (χ4n) is 18.1. The van der Waals surface area contributed by atoms with Gasteiger partial charge in [0.25, 0.3) is 6.71 Å². The molecule has 15 aromatic carbocycles. The summed E-state index contributed by atoms with van der Waals surface area (Å²) in [6.45, 7) is 34.4. The van der Waals surface area contributed by atoms with Gasteiger partial charge >= 0.3 is 0 Å². The lowest BCUT2D eigenvalue weighted by molar-refractivity contribution is 0.590. The summed E-state index contributed by atoms with van der Waals surface area (Å²) in [6.07, 6.45) is 0. The monoisotopic (exact) mass is 1520 g/mol. The van der Waals surface area contributed by atoms with Crippen LogP contribution >= 0.6 is 0 Å². The molecule has 7 heteroatoms. The third kappa shape index (κ3) is 13.0. The first-order chi connectivity index (χ1) is 56.2. The molecule has 117 heavy (non-hydrogen) atoms. The van der Waals surface area contributed by atoms with E-state index in [-0.39, 0.29) is 28.4 Å². The molecule has 0 N–H and O–H groups in total. The average Bonchev–Trinajstić information content (AvgIpc) is 1.56. The number of fused-ring (bicyclic) bond motifs is 10. The van der Waals surface area contributed by atoms with E-state index in [0.717, 1.165) is 168 Å². The van der Waals surface area contributed by atoms with Crippen LogP contribution < -0.4 is 36.0 Å². The standard InChI is InChI=1S/C110H99BN4O2/c1-106(2,3)74-44-52-79(53-45-74)112(80-54-46-75(47-55-80)107(4,5)6)83-60-62-91-93(66-83)114(102-87(70-32-20-16-21-33-70)68-89(72-36-24-18-25-37-72)104-99(102)85-40-28-30-42-97(85)116-104)95-64-78(110(13,14)15)65-96-101(95)111(91)92-63-61-84(113(81-56-48-76(49-57-81)108(7,8)9)82-58-50-77(51-59-82)109(10,11)12)67-94(92)115(96)103-88(71-34-22-17-23-35-71)69-90(73-38-26-19-27-39-73)105-100(103)86-41-29-31-43-98(86)117-105/h16-69H,1-15H3. The Hall–Kier alpha value is -12.8. The minimum absolute atomic E-state index is 0.0648. The third-order valence-corrected chi connectivity index (χ3v) is 24.4. The highest BCUT2D eigenvalue weighted by atomic mass is 16.3. The Morgan fingerprint density at radius 1 is 0.248 bits per heavy atom. The molecule has 19 rings (SSSR count). The molecule has 0 atom stereocenters. The number of anilines is 12. The van der Waals surface area contributed by atoms with Crippen LogP contribution in [-0.2, 0) is 27.1 Å². The molecule has 0 unspecified atom stereocenters. The number of nitrogens with zero attached hydrogens (tertiary/aromatic N) is 4. The van der Waals surface area contributed by atoms with Crippen LogP contribution in [0.15, 0.2) is 336 Å². The van der Waals surface area contributed by atoms with Gasteiger partial charge in [-0.1, -0.05) is 322 Å². The lowest BCUT2D eigenvalue weighted by Crippen LogP contribution is -2.61. The van der Waals surface area contributed by atoms with Gasteiger partial charge in [0, 0.05) is 89.9 Å². The predicted octanol–water partition coefficient (Wildman–Crippen LogP) is 29.7. The molecule has 2 aliphatic heterocycles. The normalized spacial score (nSPS) is 13.0. The fraction of sp³-hybridized carbons (Fsp3) is 0.182. The summed E-state index contributed by atoms with van der Waals surface area (Å²) in [4.78, 5) is 10.3. The Morgan fingerprint density at radius 2 is 0.521 bits per heavy atom. The number of benzene rings is 15. The zero-order valence-corrected chi connectivity index (χ0v) is 69.9. The van der Waals surface area contributed by atoms with Gasteiger partial charge in [0.15, 0.2) is 0 Å². The molecule has 4 heterocycles. The summed E-state index contributed by atoms with van der Waals surface area (Å²) in [6, 6.07) is 123. The van der Waals surface area contributed by atoms with Crippen molar-refractivity contribution in [1.29, 1.82) is 0 Å². The first-order valence-electron chi connectivity index (χ1n) is 41.5. The molecule has 0 fully saturated rings. The van der Waals surface area contributed by atoms with Gasteiger partial charge in [0.05, 0.1) is 22.1 Å². The Kier molecular flexibility index (Phi) is 17.8. The SMILES string of the molecule is CC(C)(C)c1ccc(N(c2ccc(C(C)(C)C)cc2)c2ccc3c(c2)N(c2c(-c4ccccc4)cc(-c4ccccc4)c4oc5ccccc5c24)c2cc(C(C)(C)C)cc4c2B3c2ccc(N(c3ccc(C(C)(C)C)cc3)c3ccc(C(C)(C)C)cc3)cc2N4c2c(-c3ccccc3)cc(-c3ccccc3)c3oc4ccccc4c23)cc1. The molecule has 0 aliphatic carbocycles. The number of hydrogen-bond donors (Lipinski definition) is 0. The van der Waals surface area contributed by atoms with Gasteiger partial charge in [-0.25, -0.2) is 0 Å². The van der Waals surface area contributed by atoms with Crippen molar-refractivity contribution in [3.8, 4) is 44.5 Å². The van der Waals surface area contributed by atoms with Crippen LogP contribution in [0.2, 0.25) is 0 Å². The Morgan fingerprint density at radius 3 is 0.821 bits per heavy atom. The van der Waals surface area contributed by atoms with Crippen molar-refractivity contribution in [2.75, 3.05) is 19.6 Å². The maximum atomic E-state index is 7.50.